The molecule has 0 saturated heterocycles. The van der Waals surface area contributed by atoms with E-state index in [9.17, 15) is 9.67 Å². The lowest BCUT2D eigenvalue weighted by molar-refractivity contribution is 0.123. The van der Waals surface area contributed by atoms with Gasteiger partial charge in [-0.1, -0.05) is 41.5 Å². The summed E-state index contributed by atoms with van der Waals surface area (Å²) in [6.45, 7) is 12.9. The minimum absolute atomic E-state index is 0.214. The van der Waals surface area contributed by atoms with Gasteiger partial charge >= 0.3 is 0 Å². The van der Waals surface area contributed by atoms with Crippen LogP contribution in [-0.2, 0) is 4.57 Å². The zero-order valence-electron chi connectivity index (χ0n) is 12.2. The average Bonchev–Trinajstić information content (AvgIpc) is 2.51. The molecule has 0 heterocycles. The Morgan fingerprint density at radius 1 is 1.29 bits per heavy atom. The number of rotatable bonds is 4. The molecule has 0 amide bonds. The zero-order chi connectivity index (χ0) is 13.4. The van der Waals surface area contributed by atoms with Gasteiger partial charge in [0.15, 0.2) is 0 Å². The number of aliphatic hydroxyl groups excluding tert-OH is 1. The predicted octanol–water partition coefficient (Wildman–Crippen LogP) is 4.03. The molecule has 17 heavy (non-hydrogen) atoms. The maximum atomic E-state index is 12.7. The topological polar surface area (TPSA) is 37.3 Å². The standard InChI is InChI=1S/C14H29O2P/c1-7-17(16,8-2)13(15)12-9-10(3)14(5,6)11(12)4/h10-13,15H,7-9H2,1-6H3. The van der Waals surface area contributed by atoms with Crippen molar-refractivity contribution in [3.8, 4) is 0 Å². The van der Waals surface area contributed by atoms with E-state index in [-0.39, 0.29) is 11.3 Å². The van der Waals surface area contributed by atoms with Gasteiger partial charge in [-0.3, -0.25) is 0 Å². The first-order valence-corrected chi connectivity index (χ1v) is 9.11. The van der Waals surface area contributed by atoms with Gasteiger partial charge in [-0.25, -0.2) is 0 Å². The van der Waals surface area contributed by atoms with Crippen LogP contribution in [0.15, 0.2) is 0 Å². The SMILES string of the molecule is CCP(=O)(CC)C(O)C1CC(C)C(C)(C)C1C. The number of aliphatic hydroxyl groups is 1. The molecule has 1 saturated carbocycles. The van der Waals surface area contributed by atoms with E-state index in [4.69, 9.17) is 0 Å². The van der Waals surface area contributed by atoms with Crippen molar-refractivity contribution in [2.24, 2.45) is 23.2 Å². The van der Waals surface area contributed by atoms with Crippen LogP contribution in [0.5, 0.6) is 0 Å². The monoisotopic (exact) mass is 260 g/mol. The zero-order valence-corrected chi connectivity index (χ0v) is 13.1. The second-order valence-electron chi connectivity index (χ2n) is 6.41. The van der Waals surface area contributed by atoms with Gasteiger partial charge in [0.1, 0.15) is 13.0 Å². The Kier molecular flexibility index (Phi) is 4.53. The molecule has 0 spiro atoms. The molecule has 3 heteroatoms. The van der Waals surface area contributed by atoms with E-state index in [1.54, 1.807) is 0 Å². The van der Waals surface area contributed by atoms with E-state index in [0.29, 0.717) is 24.2 Å². The summed E-state index contributed by atoms with van der Waals surface area (Å²) in [6, 6.07) is 0. The van der Waals surface area contributed by atoms with E-state index < -0.39 is 13.0 Å². The lowest BCUT2D eigenvalue weighted by atomic mass is 9.76. The number of hydrogen-bond donors (Lipinski definition) is 1. The Balaban J connectivity index is 2.93. The minimum atomic E-state index is -2.39. The Hall–Kier alpha value is 0.190. The van der Waals surface area contributed by atoms with Crippen molar-refractivity contribution in [1.29, 1.82) is 0 Å². The first-order valence-electron chi connectivity index (χ1n) is 6.96. The summed E-state index contributed by atoms with van der Waals surface area (Å²) in [5.41, 5.74) is 0.248. The van der Waals surface area contributed by atoms with Crippen molar-refractivity contribution in [2.45, 2.75) is 53.8 Å². The van der Waals surface area contributed by atoms with E-state index in [0.717, 1.165) is 6.42 Å². The van der Waals surface area contributed by atoms with E-state index in [1.165, 1.54) is 0 Å². The van der Waals surface area contributed by atoms with Crippen molar-refractivity contribution in [2.75, 3.05) is 12.3 Å². The van der Waals surface area contributed by atoms with Gasteiger partial charge in [-0.2, -0.15) is 0 Å². The summed E-state index contributed by atoms with van der Waals surface area (Å²) in [6.07, 6.45) is 2.27. The third-order valence-corrected chi connectivity index (χ3v) is 9.14. The van der Waals surface area contributed by atoms with Gasteiger partial charge in [0.2, 0.25) is 0 Å². The van der Waals surface area contributed by atoms with Crippen LogP contribution in [0, 0.1) is 23.2 Å². The quantitative estimate of drug-likeness (QED) is 0.775. The van der Waals surface area contributed by atoms with Crippen LogP contribution in [0.4, 0.5) is 0 Å². The molecular formula is C14H29O2P. The van der Waals surface area contributed by atoms with Gasteiger partial charge in [0.05, 0.1) is 0 Å². The van der Waals surface area contributed by atoms with Crippen LogP contribution in [0.3, 0.4) is 0 Å². The molecule has 0 aromatic carbocycles. The Morgan fingerprint density at radius 2 is 1.76 bits per heavy atom. The van der Waals surface area contributed by atoms with Crippen molar-refractivity contribution < 1.29 is 9.67 Å². The molecule has 2 nitrogen and oxygen atoms in total. The third kappa shape index (κ3) is 2.49. The second kappa shape index (κ2) is 5.05. The highest BCUT2D eigenvalue weighted by atomic mass is 31.2. The predicted molar refractivity (Wildman–Crippen MR) is 74.9 cm³/mol. The molecule has 0 bridgehead atoms. The summed E-state index contributed by atoms with van der Waals surface area (Å²) in [5.74, 6) is 0.667. The van der Waals surface area contributed by atoms with E-state index in [1.807, 2.05) is 13.8 Å². The van der Waals surface area contributed by atoms with Crippen LogP contribution in [0.2, 0.25) is 0 Å². The average molecular weight is 260 g/mol. The maximum Gasteiger partial charge on any atom is 0.114 e. The highest BCUT2D eigenvalue weighted by molar-refractivity contribution is 7.64. The summed E-state index contributed by atoms with van der Waals surface area (Å²) in [7, 11) is -2.39. The Labute approximate surface area is 107 Å². The summed E-state index contributed by atoms with van der Waals surface area (Å²) < 4.78 is 12.7. The smallest absolute Gasteiger partial charge is 0.114 e. The molecular weight excluding hydrogens is 231 g/mol. The molecule has 0 aromatic heterocycles. The fourth-order valence-corrected chi connectivity index (χ4v) is 5.52. The molecule has 0 aromatic rings. The van der Waals surface area contributed by atoms with Crippen LogP contribution in [0.1, 0.15) is 48.0 Å². The molecule has 1 aliphatic rings. The minimum Gasteiger partial charge on any atom is -0.385 e. The lowest BCUT2D eigenvalue weighted by Crippen LogP contribution is -2.29. The normalized spacial score (nSPS) is 34.9. The Morgan fingerprint density at radius 3 is 2.06 bits per heavy atom. The first kappa shape index (κ1) is 15.2. The molecule has 1 fully saturated rings. The number of hydrogen-bond acceptors (Lipinski definition) is 2. The highest BCUT2D eigenvalue weighted by Gasteiger charge is 2.49. The fraction of sp³-hybridized carbons (Fsp3) is 1.00. The van der Waals surface area contributed by atoms with Gasteiger partial charge in [-0.15, -0.1) is 0 Å². The van der Waals surface area contributed by atoms with Crippen LogP contribution < -0.4 is 0 Å². The molecule has 4 unspecified atom stereocenters. The maximum absolute atomic E-state index is 12.7. The van der Waals surface area contributed by atoms with Crippen LogP contribution in [-0.4, -0.2) is 23.3 Å². The molecule has 4 atom stereocenters. The van der Waals surface area contributed by atoms with Crippen molar-refractivity contribution in [3.63, 3.8) is 0 Å². The molecule has 0 radical (unpaired) electrons. The fourth-order valence-electron chi connectivity index (χ4n) is 3.24. The van der Waals surface area contributed by atoms with E-state index >= 15 is 0 Å². The van der Waals surface area contributed by atoms with Crippen molar-refractivity contribution >= 4 is 7.14 Å². The highest BCUT2D eigenvalue weighted by Crippen LogP contribution is 2.60. The van der Waals surface area contributed by atoms with Crippen LogP contribution in [0.25, 0.3) is 0 Å². The van der Waals surface area contributed by atoms with Gasteiger partial charge in [0.25, 0.3) is 0 Å². The first-order chi connectivity index (χ1) is 7.70. The molecule has 0 aliphatic heterocycles. The van der Waals surface area contributed by atoms with Gasteiger partial charge in [-0.05, 0) is 29.6 Å². The third-order valence-electron chi connectivity index (χ3n) is 5.65. The van der Waals surface area contributed by atoms with Gasteiger partial charge < -0.3 is 9.67 Å². The van der Waals surface area contributed by atoms with Crippen LogP contribution >= 0.6 is 7.14 Å². The molecule has 1 N–H and O–H groups in total. The Bertz CT molecular complexity index is 303. The summed E-state index contributed by atoms with van der Waals surface area (Å²) in [4.78, 5) is 0. The largest absolute Gasteiger partial charge is 0.385 e. The molecule has 1 rings (SSSR count). The van der Waals surface area contributed by atoms with Crippen molar-refractivity contribution in [3.05, 3.63) is 0 Å². The summed E-state index contributed by atoms with van der Waals surface area (Å²) in [5, 5.41) is 10.5. The molecule has 102 valence electrons. The van der Waals surface area contributed by atoms with Crippen molar-refractivity contribution in [1.82, 2.24) is 0 Å². The van der Waals surface area contributed by atoms with E-state index in [2.05, 4.69) is 27.7 Å². The second-order valence-corrected chi connectivity index (χ2v) is 10.1. The summed E-state index contributed by atoms with van der Waals surface area (Å²) >= 11 is 0. The molecule has 1 aliphatic carbocycles. The van der Waals surface area contributed by atoms with Gasteiger partial charge in [0, 0.05) is 12.3 Å². The lowest BCUT2D eigenvalue weighted by Gasteiger charge is -2.33.